The van der Waals surface area contributed by atoms with Crippen molar-refractivity contribution in [2.75, 3.05) is 13.1 Å². The average Bonchev–Trinajstić information content (AvgIpc) is 2.97. The predicted molar refractivity (Wildman–Crippen MR) is 103 cm³/mol. The third-order valence-corrected chi connectivity index (χ3v) is 5.22. The van der Waals surface area contributed by atoms with Gasteiger partial charge in [-0.15, -0.1) is 0 Å². The van der Waals surface area contributed by atoms with E-state index in [1.165, 1.54) is 90.0 Å². The second-order valence-corrected chi connectivity index (χ2v) is 7.14. The maximum absolute atomic E-state index is 2.54. The number of nitrogens with zero attached hydrogens (tertiary/aromatic N) is 2. The Labute approximate surface area is 146 Å². The minimum Gasteiger partial charge on any atom is -0.356 e. The van der Waals surface area contributed by atoms with Crippen LogP contribution in [0.2, 0.25) is 0 Å². The first kappa shape index (κ1) is 20.4. The van der Waals surface area contributed by atoms with Crippen molar-refractivity contribution in [1.29, 1.82) is 0 Å². The van der Waals surface area contributed by atoms with Gasteiger partial charge >= 0.3 is 0 Å². The SMILES string of the molecule is CCCCCCCCCCCCCCN1C=CN(CC)C1CC. The van der Waals surface area contributed by atoms with Crippen molar-refractivity contribution in [3.05, 3.63) is 12.4 Å². The van der Waals surface area contributed by atoms with Crippen LogP contribution >= 0.6 is 0 Å². The number of hydrogen-bond acceptors (Lipinski definition) is 2. The molecule has 1 heterocycles. The molecule has 0 amide bonds. The van der Waals surface area contributed by atoms with E-state index in [0.29, 0.717) is 6.17 Å². The molecule has 0 bridgehead atoms. The van der Waals surface area contributed by atoms with E-state index in [0.717, 1.165) is 6.54 Å². The molecule has 0 fully saturated rings. The van der Waals surface area contributed by atoms with Gasteiger partial charge in [-0.05, 0) is 19.8 Å². The second kappa shape index (κ2) is 13.7. The van der Waals surface area contributed by atoms with Gasteiger partial charge in [0.25, 0.3) is 0 Å². The molecular weight excluding hydrogens is 280 g/mol. The van der Waals surface area contributed by atoms with E-state index >= 15 is 0 Å². The first-order valence-corrected chi connectivity index (χ1v) is 10.5. The Bertz CT molecular complexity index is 288. The summed E-state index contributed by atoms with van der Waals surface area (Å²) in [5.74, 6) is 0. The summed E-state index contributed by atoms with van der Waals surface area (Å²) >= 11 is 0. The zero-order chi connectivity index (χ0) is 16.8. The Morgan fingerprint density at radius 1 is 0.609 bits per heavy atom. The normalized spacial score (nSPS) is 17.4. The molecule has 0 saturated carbocycles. The van der Waals surface area contributed by atoms with Gasteiger partial charge in [0.1, 0.15) is 6.17 Å². The van der Waals surface area contributed by atoms with Crippen LogP contribution in [-0.2, 0) is 0 Å². The molecule has 2 heteroatoms. The van der Waals surface area contributed by atoms with Crippen LogP contribution in [0.25, 0.3) is 0 Å². The van der Waals surface area contributed by atoms with Crippen molar-refractivity contribution in [1.82, 2.24) is 9.80 Å². The molecule has 0 aromatic heterocycles. The molecule has 1 aliphatic rings. The van der Waals surface area contributed by atoms with Gasteiger partial charge < -0.3 is 9.80 Å². The lowest BCUT2D eigenvalue weighted by Crippen LogP contribution is -2.38. The molecule has 136 valence electrons. The van der Waals surface area contributed by atoms with E-state index in [4.69, 9.17) is 0 Å². The third-order valence-electron chi connectivity index (χ3n) is 5.22. The molecule has 0 aliphatic carbocycles. The molecular formula is C21H42N2. The van der Waals surface area contributed by atoms with E-state index < -0.39 is 0 Å². The molecule has 0 radical (unpaired) electrons. The number of hydrogen-bond donors (Lipinski definition) is 0. The average molecular weight is 323 g/mol. The summed E-state index contributed by atoms with van der Waals surface area (Å²) in [5, 5.41) is 0. The molecule has 0 aromatic rings. The fraction of sp³-hybridized carbons (Fsp3) is 0.905. The summed E-state index contributed by atoms with van der Waals surface area (Å²) in [7, 11) is 0. The Balaban J connectivity index is 1.87. The Morgan fingerprint density at radius 3 is 1.57 bits per heavy atom. The van der Waals surface area contributed by atoms with E-state index in [9.17, 15) is 0 Å². The van der Waals surface area contributed by atoms with Gasteiger partial charge in [0, 0.05) is 25.5 Å². The van der Waals surface area contributed by atoms with Crippen LogP contribution < -0.4 is 0 Å². The molecule has 23 heavy (non-hydrogen) atoms. The van der Waals surface area contributed by atoms with Crippen LogP contribution in [0.5, 0.6) is 0 Å². The van der Waals surface area contributed by atoms with E-state index in [-0.39, 0.29) is 0 Å². The van der Waals surface area contributed by atoms with Crippen molar-refractivity contribution in [2.45, 2.75) is 110 Å². The van der Waals surface area contributed by atoms with Crippen molar-refractivity contribution in [3.8, 4) is 0 Å². The first-order chi connectivity index (χ1) is 11.3. The highest BCUT2D eigenvalue weighted by Crippen LogP contribution is 2.19. The molecule has 1 unspecified atom stereocenters. The maximum Gasteiger partial charge on any atom is 0.100 e. The maximum atomic E-state index is 2.54. The van der Waals surface area contributed by atoms with Gasteiger partial charge in [0.2, 0.25) is 0 Å². The number of rotatable bonds is 15. The van der Waals surface area contributed by atoms with Crippen LogP contribution in [0.15, 0.2) is 12.4 Å². The van der Waals surface area contributed by atoms with Crippen LogP contribution in [0, 0.1) is 0 Å². The first-order valence-electron chi connectivity index (χ1n) is 10.5. The van der Waals surface area contributed by atoms with Crippen LogP contribution in [0.4, 0.5) is 0 Å². The molecule has 0 spiro atoms. The zero-order valence-corrected chi connectivity index (χ0v) is 16.2. The van der Waals surface area contributed by atoms with Gasteiger partial charge in [-0.3, -0.25) is 0 Å². The lowest BCUT2D eigenvalue weighted by molar-refractivity contribution is 0.151. The van der Waals surface area contributed by atoms with Crippen LogP contribution in [0.3, 0.4) is 0 Å². The Kier molecular flexibility index (Phi) is 12.2. The molecule has 0 saturated heterocycles. The van der Waals surface area contributed by atoms with Crippen molar-refractivity contribution >= 4 is 0 Å². The van der Waals surface area contributed by atoms with E-state index in [1.54, 1.807) is 0 Å². The topological polar surface area (TPSA) is 6.48 Å². The lowest BCUT2D eigenvalue weighted by Gasteiger charge is -2.31. The predicted octanol–water partition coefficient (Wildman–Crippen LogP) is 6.53. The smallest absolute Gasteiger partial charge is 0.100 e. The Morgan fingerprint density at radius 2 is 1.09 bits per heavy atom. The van der Waals surface area contributed by atoms with Crippen LogP contribution in [0.1, 0.15) is 104 Å². The van der Waals surface area contributed by atoms with Crippen molar-refractivity contribution in [2.24, 2.45) is 0 Å². The zero-order valence-electron chi connectivity index (χ0n) is 16.2. The van der Waals surface area contributed by atoms with Crippen LogP contribution in [-0.4, -0.2) is 29.1 Å². The van der Waals surface area contributed by atoms with E-state index in [1.807, 2.05) is 0 Å². The van der Waals surface area contributed by atoms with Gasteiger partial charge in [0.15, 0.2) is 0 Å². The van der Waals surface area contributed by atoms with Gasteiger partial charge in [0.05, 0.1) is 0 Å². The summed E-state index contributed by atoms with van der Waals surface area (Å²) < 4.78 is 0. The number of unbranched alkanes of at least 4 members (excludes halogenated alkanes) is 11. The van der Waals surface area contributed by atoms with Gasteiger partial charge in [-0.1, -0.05) is 84.5 Å². The third kappa shape index (κ3) is 8.67. The lowest BCUT2D eigenvalue weighted by atomic mass is 10.1. The summed E-state index contributed by atoms with van der Waals surface area (Å²) in [6.07, 6.45) is 23.6. The fourth-order valence-electron chi connectivity index (χ4n) is 3.70. The van der Waals surface area contributed by atoms with Crippen molar-refractivity contribution in [3.63, 3.8) is 0 Å². The fourth-order valence-corrected chi connectivity index (χ4v) is 3.70. The van der Waals surface area contributed by atoms with Crippen molar-refractivity contribution < 1.29 is 0 Å². The Hall–Kier alpha value is -0.660. The van der Waals surface area contributed by atoms with Gasteiger partial charge in [-0.25, -0.2) is 0 Å². The standard InChI is InChI=1S/C21H42N2/c1-4-7-8-9-10-11-12-13-14-15-16-17-18-23-20-19-22(6-3)21(23)5-2/h19-21H,4-18H2,1-3H3. The molecule has 1 aliphatic heterocycles. The molecule has 0 aromatic carbocycles. The highest BCUT2D eigenvalue weighted by atomic mass is 15.4. The molecule has 1 atom stereocenters. The second-order valence-electron chi connectivity index (χ2n) is 7.14. The van der Waals surface area contributed by atoms with E-state index in [2.05, 4.69) is 43.0 Å². The monoisotopic (exact) mass is 322 g/mol. The summed E-state index contributed by atoms with van der Waals surface area (Å²) in [6.45, 7) is 9.21. The largest absolute Gasteiger partial charge is 0.356 e. The minimum absolute atomic E-state index is 0.618. The summed E-state index contributed by atoms with van der Waals surface area (Å²) in [6, 6.07) is 0. The quantitative estimate of drug-likeness (QED) is 0.316. The minimum atomic E-state index is 0.618. The van der Waals surface area contributed by atoms with Gasteiger partial charge in [-0.2, -0.15) is 0 Å². The molecule has 1 rings (SSSR count). The molecule has 2 nitrogen and oxygen atoms in total. The summed E-state index contributed by atoms with van der Waals surface area (Å²) in [5.41, 5.74) is 0. The highest BCUT2D eigenvalue weighted by Gasteiger charge is 2.22. The molecule has 0 N–H and O–H groups in total. The highest BCUT2D eigenvalue weighted by molar-refractivity contribution is 4.95. The summed E-state index contributed by atoms with van der Waals surface area (Å²) in [4.78, 5) is 5.00.